The maximum Gasteiger partial charge on any atom is 0.410 e. The molecular formula is C17H30N2O4. The van der Waals surface area contributed by atoms with Crippen molar-refractivity contribution >= 4 is 12.0 Å². The SMILES string of the molecule is CC1OC2(CCN(C(=O)OC(C)(C)C)CC2)CN(C(C)C)C1=O. The maximum absolute atomic E-state index is 12.2. The average Bonchev–Trinajstić information content (AvgIpc) is 2.41. The van der Waals surface area contributed by atoms with E-state index in [1.807, 2.05) is 46.4 Å². The summed E-state index contributed by atoms with van der Waals surface area (Å²) >= 11 is 0. The fourth-order valence-electron chi connectivity index (χ4n) is 3.22. The molecule has 1 spiro atoms. The van der Waals surface area contributed by atoms with Gasteiger partial charge in [0.2, 0.25) is 0 Å². The molecule has 0 bridgehead atoms. The maximum atomic E-state index is 12.2. The third-order valence-electron chi connectivity index (χ3n) is 4.47. The Kier molecular flexibility index (Phi) is 4.95. The van der Waals surface area contributed by atoms with Gasteiger partial charge in [-0.2, -0.15) is 0 Å². The number of amides is 2. The topological polar surface area (TPSA) is 59.1 Å². The molecule has 2 aliphatic rings. The highest BCUT2D eigenvalue weighted by atomic mass is 16.6. The lowest BCUT2D eigenvalue weighted by Gasteiger charge is -2.50. The molecule has 0 aromatic heterocycles. The highest BCUT2D eigenvalue weighted by molar-refractivity contribution is 5.81. The molecule has 132 valence electrons. The molecule has 23 heavy (non-hydrogen) atoms. The largest absolute Gasteiger partial charge is 0.444 e. The van der Waals surface area contributed by atoms with E-state index in [2.05, 4.69) is 0 Å². The molecule has 0 aromatic carbocycles. The first-order valence-corrected chi connectivity index (χ1v) is 8.49. The van der Waals surface area contributed by atoms with Crippen LogP contribution in [0.2, 0.25) is 0 Å². The molecule has 0 radical (unpaired) electrons. The highest BCUT2D eigenvalue weighted by Gasteiger charge is 2.46. The predicted octanol–water partition coefficient (Wildman–Crippen LogP) is 2.41. The Morgan fingerprint density at radius 3 is 2.35 bits per heavy atom. The fourth-order valence-corrected chi connectivity index (χ4v) is 3.22. The van der Waals surface area contributed by atoms with Gasteiger partial charge in [0.05, 0.1) is 12.1 Å². The van der Waals surface area contributed by atoms with Gasteiger partial charge in [0, 0.05) is 19.1 Å². The Morgan fingerprint density at radius 1 is 1.30 bits per heavy atom. The van der Waals surface area contributed by atoms with Crippen molar-refractivity contribution in [1.29, 1.82) is 0 Å². The van der Waals surface area contributed by atoms with Crippen molar-refractivity contribution in [3.8, 4) is 0 Å². The summed E-state index contributed by atoms with van der Waals surface area (Å²) in [4.78, 5) is 28.0. The van der Waals surface area contributed by atoms with Crippen LogP contribution in [0, 0.1) is 0 Å². The highest BCUT2D eigenvalue weighted by Crippen LogP contribution is 2.34. The Hall–Kier alpha value is -1.30. The Bertz CT molecular complexity index is 462. The van der Waals surface area contributed by atoms with Crippen molar-refractivity contribution < 1.29 is 19.1 Å². The molecule has 2 aliphatic heterocycles. The number of nitrogens with zero attached hydrogens (tertiary/aromatic N) is 2. The molecule has 0 N–H and O–H groups in total. The second-order valence-corrected chi connectivity index (χ2v) is 7.97. The van der Waals surface area contributed by atoms with Crippen LogP contribution >= 0.6 is 0 Å². The van der Waals surface area contributed by atoms with Gasteiger partial charge in [0.1, 0.15) is 11.7 Å². The van der Waals surface area contributed by atoms with Crippen molar-refractivity contribution in [2.45, 2.75) is 77.7 Å². The first-order chi connectivity index (χ1) is 10.5. The first-order valence-electron chi connectivity index (χ1n) is 8.49. The van der Waals surface area contributed by atoms with E-state index in [-0.39, 0.29) is 23.6 Å². The summed E-state index contributed by atoms with van der Waals surface area (Å²) in [5, 5.41) is 0. The number of morpholine rings is 1. The second kappa shape index (κ2) is 6.30. The molecule has 2 heterocycles. The lowest BCUT2D eigenvalue weighted by atomic mass is 9.88. The van der Waals surface area contributed by atoms with Crippen LogP contribution in [0.1, 0.15) is 54.4 Å². The van der Waals surface area contributed by atoms with Crippen molar-refractivity contribution in [1.82, 2.24) is 9.80 Å². The van der Waals surface area contributed by atoms with Gasteiger partial charge < -0.3 is 19.3 Å². The van der Waals surface area contributed by atoms with E-state index in [1.54, 1.807) is 4.90 Å². The lowest BCUT2D eigenvalue weighted by molar-refractivity contribution is -0.192. The van der Waals surface area contributed by atoms with Crippen molar-refractivity contribution in [3.05, 3.63) is 0 Å². The zero-order valence-electron chi connectivity index (χ0n) is 15.2. The van der Waals surface area contributed by atoms with Gasteiger partial charge in [-0.1, -0.05) is 0 Å². The summed E-state index contributed by atoms with van der Waals surface area (Å²) in [5.74, 6) is 0.0557. The molecule has 0 saturated carbocycles. The van der Waals surface area contributed by atoms with Gasteiger partial charge in [0.25, 0.3) is 5.91 Å². The molecular weight excluding hydrogens is 296 g/mol. The van der Waals surface area contributed by atoms with Gasteiger partial charge in [-0.3, -0.25) is 4.79 Å². The number of hydrogen-bond acceptors (Lipinski definition) is 4. The molecule has 1 atom stereocenters. The van der Waals surface area contributed by atoms with E-state index in [9.17, 15) is 9.59 Å². The number of hydrogen-bond donors (Lipinski definition) is 0. The van der Waals surface area contributed by atoms with Gasteiger partial charge >= 0.3 is 6.09 Å². The summed E-state index contributed by atoms with van der Waals surface area (Å²) < 4.78 is 11.5. The second-order valence-electron chi connectivity index (χ2n) is 7.97. The standard InChI is InChI=1S/C17H30N2O4/c1-12(2)19-11-17(22-13(3)14(19)20)7-9-18(10-8-17)15(21)23-16(4,5)6/h12-13H,7-11H2,1-6H3. The predicted molar refractivity (Wildman–Crippen MR) is 87.2 cm³/mol. The molecule has 6 heteroatoms. The van der Waals surface area contributed by atoms with Crippen LogP contribution in [0.25, 0.3) is 0 Å². The zero-order chi connectivity index (χ0) is 17.4. The quantitative estimate of drug-likeness (QED) is 0.742. The van der Waals surface area contributed by atoms with E-state index in [0.717, 1.165) is 12.8 Å². The molecule has 2 rings (SSSR count). The number of likely N-dealkylation sites (tertiary alicyclic amines) is 1. The van der Waals surface area contributed by atoms with E-state index in [0.29, 0.717) is 19.6 Å². The van der Waals surface area contributed by atoms with Crippen LogP contribution in [0.5, 0.6) is 0 Å². The van der Waals surface area contributed by atoms with Crippen LogP contribution < -0.4 is 0 Å². The van der Waals surface area contributed by atoms with Gasteiger partial charge in [-0.25, -0.2) is 4.79 Å². The molecule has 2 fully saturated rings. The minimum atomic E-state index is -0.483. The van der Waals surface area contributed by atoms with E-state index >= 15 is 0 Å². The molecule has 0 aliphatic carbocycles. The summed E-state index contributed by atoms with van der Waals surface area (Å²) in [7, 11) is 0. The van der Waals surface area contributed by atoms with E-state index in [1.165, 1.54) is 0 Å². The van der Waals surface area contributed by atoms with Crippen molar-refractivity contribution in [3.63, 3.8) is 0 Å². The Morgan fingerprint density at radius 2 is 1.87 bits per heavy atom. The van der Waals surface area contributed by atoms with E-state index in [4.69, 9.17) is 9.47 Å². The molecule has 0 aromatic rings. The summed E-state index contributed by atoms with van der Waals surface area (Å²) in [6.07, 6.45) is 0.771. The first kappa shape index (κ1) is 18.0. The lowest BCUT2D eigenvalue weighted by Crippen LogP contribution is -2.63. The van der Waals surface area contributed by atoms with Crippen molar-refractivity contribution in [2.75, 3.05) is 19.6 Å². The number of piperidine rings is 1. The van der Waals surface area contributed by atoms with Gasteiger partial charge in [-0.15, -0.1) is 0 Å². The smallest absolute Gasteiger partial charge is 0.410 e. The molecule has 2 amide bonds. The van der Waals surface area contributed by atoms with Crippen molar-refractivity contribution in [2.24, 2.45) is 0 Å². The third-order valence-corrected chi connectivity index (χ3v) is 4.47. The zero-order valence-corrected chi connectivity index (χ0v) is 15.2. The minimum absolute atomic E-state index is 0.0557. The number of ether oxygens (including phenoxy) is 2. The summed E-state index contributed by atoms with van der Waals surface area (Å²) in [6.45, 7) is 13.3. The van der Waals surface area contributed by atoms with Crippen LogP contribution in [0.15, 0.2) is 0 Å². The number of carbonyl (C=O) groups is 2. The fraction of sp³-hybridized carbons (Fsp3) is 0.882. The third kappa shape index (κ3) is 4.16. The minimum Gasteiger partial charge on any atom is -0.444 e. The summed E-state index contributed by atoms with van der Waals surface area (Å²) in [5.41, 5.74) is -0.820. The molecule has 6 nitrogen and oxygen atoms in total. The Balaban J connectivity index is 2.00. The van der Waals surface area contributed by atoms with Crippen LogP contribution in [0.3, 0.4) is 0 Å². The van der Waals surface area contributed by atoms with Crippen LogP contribution in [-0.2, 0) is 14.3 Å². The average molecular weight is 326 g/mol. The normalized spacial score (nSPS) is 25.2. The van der Waals surface area contributed by atoms with Crippen LogP contribution in [0.4, 0.5) is 4.79 Å². The molecule has 2 saturated heterocycles. The monoisotopic (exact) mass is 326 g/mol. The van der Waals surface area contributed by atoms with Crippen LogP contribution in [-0.4, -0.2) is 64.8 Å². The van der Waals surface area contributed by atoms with E-state index < -0.39 is 11.7 Å². The van der Waals surface area contributed by atoms with Gasteiger partial charge in [0.15, 0.2) is 0 Å². The molecule has 1 unspecified atom stereocenters. The number of rotatable bonds is 1. The Labute approximate surface area is 139 Å². The van der Waals surface area contributed by atoms with Gasteiger partial charge in [-0.05, 0) is 54.4 Å². The number of carbonyl (C=O) groups excluding carboxylic acids is 2. The summed E-state index contributed by atoms with van der Waals surface area (Å²) in [6, 6.07) is 0.162.